The van der Waals surface area contributed by atoms with Gasteiger partial charge in [-0.15, -0.1) is 0 Å². The fraction of sp³-hybridized carbons (Fsp3) is 0.600. The number of aryl methyl sites for hydroxylation is 1. The van der Waals surface area contributed by atoms with Gasteiger partial charge in [0.1, 0.15) is 6.61 Å². The van der Waals surface area contributed by atoms with Crippen molar-refractivity contribution < 1.29 is 22.3 Å². The number of ether oxygens (including phenoxy) is 1. The number of likely N-dealkylation sites (N-methyl/N-ethyl adjacent to an activating group) is 1. The van der Waals surface area contributed by atoms with E-state index in [0.717, 1.165) is 12.0 Å². The van der Waals surface area contributed by atoms with Crippen LogP contribution in [0.15, 0.2) is 24.3 Å². The molecule has 0 heterocycles. The zero-order valence-corrected chi connectivity index (χ0v) is 12.2. The fourth-order valence-electron chi connectivity index (χ4n) is 1.84. The molecule has 0 fully saturated rings. The van der Waals surface area contributed by atoms with E-state index in [1.165, 1.54) is 5.56 Å². The van der Waals surface area contributed by atoms with Crippen molar-refractivity contribution in [1.82, 2.24) is 5.32 Å². The highest BCUT2D eigenvalue weighted by Crippen LogP contribution is 2.22. The number of hydrogen-bond acceptors (Lipinski definition) is 2. The molecule has 0 bridgehead atoms. The van der Waals surface area contributed by atoms with E-state index < -0.39 is 19.0 Å². The number of halogens is 4. The Kier molecular flexibility index (Phi) is 7.11. The third-order valence-electron chi connectivity index (χ3n) is 3.25. The molecule has 0 saturated carbocycles. The monoisotopic (exact) mass is 307 g/mol. The Hall–Kier alpha value is -1.14. The first kappa shape index (κ1) is 17.9. The van der Waals surface area contributed by atoms with Crippen LogP contribution in [0, 0.1) is 0 Å². The lowest BCUT2D eigenvalue weighted by atomic mass is 10.0. The Morgan fingerprint density at radius 3 is 2.19 bits per heavy atom. The highest BCUT2D eigenvalue weighted by Gasteiger charge is 2.41. The molecular formula is C15H21F4NO. The third kappa shape index (κ3) is 6.01. The van der Waals surface area contributed by atoms with Gasteiger partial charge in [-0.2, -0.15) is 8.78 Å². The normalized spacial score (nSPS) is 13.7. The Morgan fingerprint density at radius 2 is 1.71 bits per heavy atom. The van der Waals surface area contributed by atoms with Crippen molar-refractivity contribution in [2.45, 2.75) is 38.2 Å². The van der Waals surface area contributed by atoms with Gasteiger partial charge in [-0.05, 0) is 31.0 Å². The van der Waals surface area contributed by atoms with Crippen molar-refractivity contribution in [2.75, 3.05) is 20.3 Å². The molecule has 0 aliphatic carbocycles. The van der Waals surface area contributed by atoms with Crippen molar-refractivity contribution in [3.63, 3.8) is 0 Å². The predicted octanol–water partition coefficient (Wildman–Crippen LogP) is 3.30. The van der Waals surface area contributed by atoms with E-state index in [9.17, 15) is 17.6 Å². The number of rotatable bonds is 9. The maximum Gasteiger partial charge on any atom is 0.330 e. The molecule has 1 rings (SSSR count). The standard InChI is InChI=1S/C15H21F4NO/c1-3-11-4-6-12(7-5-11)8-13(20-2)9-21-10-15(18,19)14(16)17/h4-7,13-14,20H,3,8-10H2,1-2H3. The summed E-state index contributed by atoms with van der Waals surface area (Å²) >= 11 is 0. The lowest BCUT2D eigenvalue weighted by Gasteiger charge is -2.20. The number of alkyl halides is 4. The van der Waals surface area contributed by atoms with Gasteiger partial charge in [0, 0.05) is 6.04 Å². The van der Waals surface area contributed by atoms with Crippen LogP contribution in [0.5, 0.6) is 0 Å². The molecule has 1 atom stereocenters. The van der Waals surface area contributed by atoms with Crippen molar-refractivity contribution in [2.24, 2.45) is 0 Å². The fourth-order valence-corrected chi connectivity index (χ4v) is 1.84. The maximum absolute atomic E-state index is 12.7. The average Bonchev–Trinajstić information content (AvgIpc) is 2.46. The second-order valence-electron chi connectivity index (χ2n) is 4.94. The van der Waals surface area contributed by atoms with Gasteiger partial charge in [-0.25, -0.2) is 8.78 Å². The first-order valence-corrected chi connectivity index (χ1v) is 6.87. The molecule has 1 aromatic carbocycles. The van der Waals surface area contributed by atoms with E-state index in [-0.39, 0.29) is 12.6 Å². The summed E-state index contributed by atoms with van der Waals surface area (Å²) in [7, 11) is 1.68. The molecule has 1 N–H and O–H groups in total. The highest BCUT2D eigenvalue weighted by molar-refractivity contribution is 5.23. The second-order valence-corrected chi connectivity index (χ2v) is 4.94. The zero-order chi connectivity index (χ0) is 15.9. The molecule has 0 aliphatic heterocycles. The van der Waals surface area contributed by atoms with Crippen molar-refractivity contribution >= 4 is 0 Å². The first-order chi connectivity index (χ1) is 9.89. The van der Waals surface area contributed by atoms with E-state index in [1.807, 2.05) is 24.3 Å². The summed E-state index contributed by atoms with van der Waals surface area (Å²) in [6, 6.07) is 7.75. The molecule has 2 nitrogen and oxygen atoms in total. The minimum absolute atomic E-state index is 0.0473. The zero-order valence-electron chi connectivity index (χ0n) is 12.2. The molecule has 0 aromatic heterocycles. The Bertz CT molecular complexity index is 409. The minimum atomic E-state index is -4.10. The molecule has 0 saturated heterocycles. The predicted molar refractivity (Wildman–Crippen MR) is 74.1 cm³/mol. The number of nitrogens with one attached hydrogen (secondary N) is 1. The van der Waals surface area contributed by atoms with Crippen LogP contribution in [0.3, 0.4) is 0 Å². The average molecular weight is 307 g/mol. The molecular weight excluding hydrogens is 286 g/mol. The molecule has 0 aliphatic rings. The van der Waals surface area contributed by atoms with Gasteiger partial charge in [-0.1, -0.05) is 31.2 Å². The van der Waals surface area contributed by atoms with Crippen LogP contribution < -0.4 is 5.32 Å². The molecule has 120 valence electrons. The molecule has 1 unspecified atom stereocenters. The van der Waals surface area contributed by atoms with Crippen molar-refractivity contribution in [3.8, 4) is 0 Å². The lowest BCUT2D eigenvalue weighted by molar-refractivity contribution is -0.166. The van der Waals surface area contributed by atoms with Crippen LogP contribution in [0.2, 0.25) is 0 Å². The van der Waals surface area contributed by atoms with Crippen LogP contribution in [0.1, 0.15) is 18.1 Å². The van der Waals surface area contributed by atoms with Gasteiger partial charge in [0.05, 0.1) is 6.61 Å². The van der Waals surface area contributed by atoms with Gasteiger partial charge in [0.25, 0.3) is 0 Å². The van der Waals surface area contributed by atoms with Gasteiger partial charge < -0.3 is 10.1 Å². The summed E-state index contributed by atoms with van der Waals surface area (Å²) in [6.45, 7) is 0.744. The molecule has 6 heteroatoms. The number of hydrogen-bond donors (Lipinski definition) is 1. The SMILES string of the molecule is CCc1ccc(CC(COCC(F)(F)C(F)F)NC)cc1. The molecule has 0 amide bonds. The summed E-state index contributed by atoms with van der Waals surface area (Å²) in [6.07, 6.45) is -2.17. The van der Waals surface area contributed by atoms with Crippen molar-refractivity contribution in [1.29, 1.82) is 0 Å². The lowest BCUT2D eigenvalue weighted by Crippen LogP contribution is -2.37. The Labute approximate surface area is 122 Å². The van der Waals surface area contributed by atoms with Crippen molar-refractivity contribution in [3.05, 3.63) is 35.4 Å². The minimum Gasteiger partial charge on any atom is -0.373 e. The van der Waals surface area contributed by atoms with Gasteiger partial charge in [0.2, 0.25) is 0 Å². The first-order valence-electron chi connectivity index (χ1n) is 6.87. The van der Waals surface area contributed by atoms with Crippen LogP contribution in [0.4, 0.5) is 17.6 Å². The molecule has 0 spiro atoms. The van der Waals surface area contributed by atoms with E-state index in [0.29, 0.717) is 6.42 Å². The molecule has 1 aromatic rings. The maximum atomic E-state index is 12.7. The van der Waals surface area contributed by atoms with Crippen LogP contribution in [-0.2, 0) is 17.6 Å². The quantitative estimate of drug-likeness (QED) is 0.707. The smallest absolute Gasteiger partial charge is 0.330 e. The van der Waals surface area contributed by atoms with Crippen LogP contribution in [0.25, 0.3) is 0 Å². The topological polar surface area (TPSA) is 21.3 Å². The Morgan fingerprint density at radius 1 is 1.14 bits per heavy atom. The van der Waals surface area contributed by atoms with Gasteiger partial charge >= 0.3 is 12.3 Å². The summed E-state index contributed by atoms with van der Waals surface area (Å²) in [5.74, 6) is -4.10. The van der Waals surface area contributed by atoms with E-state index in [2.05, 4.69) is 12.2 Å². The summed E-state index contributed by atoms with van der Waals surface area (Å²) < 4.78 is 54.2. The summed E-state index contributed by atoms with van der Waals surface area (Å²) in [5.41, 5.74) is 2.25. The second kappa shape index (κ2) is 8.34. The largest absolute Gasteiger partial charge is 0.373 e. The van der Waals surface area contributed by atoms with E-state index in [1.54, 1.807) is 7.05 Å². The third-order valence-corrected chi connectivity index (χ3v) is 3.25. The van der Waals surface area contributed by atoms with Crippen LogP contribution >= 0.6 is 0 Å². The van der Waals surface area contributed by atoms with Crippen LogP contribution in [-0.4, -0.2) is 38.7 Å². The van der Waals surface area contributed by atoms with E-state index >= 15 is 0 Å². The molecule has 0 radical (unpaired) electrons. The summed E-state index contributed by atoms with van der Waals surface area (Å²) in [4.78, 5) is 0. The molecule has 21 heavy (non-hydrogen) atoms. The Balaban J connectivity index is 2.44. The van der Waals surface area contributed by atoms with Gasteiger partial charge in [0.15, 0.2) is 0 Å². The number of benzene rings is 1. The highest BCUT2D eigenvalue weighted by atomic mass is 19.3. The van der Waals surface area contributed by atoms with Gasteiger partial charge in [-0.3, -0.25) is 0 Å². The summed E-state index contributed by atoms with van der Waals surface area (Å²) in [5, 5.41) is 2.94. The van der Waals surface area contributed by atoms with E-state index in [4.69, 9.17) is 4.74 Å².